The molecule has 2 rings (SSSR count). The van der Waals surface area contributed by atoms with Gasteiger partial charge in [-0.2, -0.15) is 0 Å². The van der Waals surface area contributed by atoms with Gasteiger partial charge in [-0.05, 0) is 44.4 Å². The molecular weight excluding hydrogens is 271 g/mol. The molecule has 1 aliphatic carbocycles. The van der Waals surface area contributed by atoms with Gasteiger partial charge >= 0.3 is 0 Å². The molecule has 2 N–H and O–H groups in total. The lowest BCUT2D eigenvalue weighted by atomic mass is 9.90. The van der Waals surface area contributed by atoms with Crippen molar-refractivity contribution < 1.29 is 14.3 Å². The van der Waals surface area contributed by atoms with Gasteiger partial charge in [0.2, 0.25) is 0 Å². The van der Waals surface area contributed by atoms with E-state index in [0.29, 0.717) is 6.04 Å². The molecule has 1 aliphatic rings. The fraction of sp³-hybridized carbons (Fsp3) is 0.562. The minimum Gasteiger partial charge on any atom is -0.508 e. The van der Waals surface area contributed by atoms with Gasteiger partial charge in [-0.25, -0.2) is 4.39 Å². The Morgan fingerprint density at radius 2 is 2.05 bits per heavy atom. The summed E-state index contributed by atoms with van der Waals surface area (Å²) in [5.41, 5.74) is 0.0177. The first kappa shape index (κ1) is 15.8. The van der Waals surface area contributed by atoms with E-state index in [-0.39, 0.29) is 23.3 Å². The van der Waals surface area contributed by atoms with Crippen molar-refractivity contribution in [2.45, 2.75) is 44.7 Å². The van der Waals surface area contributed by atoms with Crippen LogP contribution in [0.1, 0.15) is 43.0 Å². The number of phenolic OH excluding ortho intramolecular Hbond substituents is 1. The van der Waals surface area contributed by atoms with Gasteiger partial charge in [-0.1, -0.05) is 6.92 Å². The highest BCUT2D eigenvalue weighted by Crippen LogP contribution is 2.24. The molecule has 0 aromatic heterocycles. The van der Waals surface area contributed by atoms with E-state index in [1.165, 1.54) is 12.1 Å². The summed E-state index contributed by atoms with van der Waals surface area (Å²) in [4.78, 5) is 14.0. The average molecular weight is 294 g/mol. The third-order valence-corrected chi connectivity index (χ3v) is 4.24. The van der Waals surface area contributed by atoms with Gasteiger partial charge in [0.1, 0.15) is 11.6 Å². The number of carbonyl (C=O) groups is 1. The van der Waals surface area contributed by atoms with Gasteiger partial charge in [0.25, 0.3) is 5.91 Å². The van der Waals surface area contributed by atoms with Gasteiger partial charge in [-0.3, -0.25) is 4.79 Å². The molecule has 1 fully saturated rings. The van der Waals surface area contributed by atoms with E-state index >= 15 is 0 Å². The van der Waals surface area contributed by atoms with Crippen LogP contribution in [-0.4, -0.2) is 41.6 Å². The highest BCUT2D eigenvalue weighted by atomic mass is 19.1. The van der Waals surface area contributed by atoms with Crippen LogP contribution in [0.5, 0.6) is 5.75 Å². The van der Waals surface area contributed by atoms with E-state index in [2.05, 4.69) is 12.2 Å². The summed E-state index contributed by atoms with van der Waals surface area (Å²) in [6.07, 6.45) is 3.93. The van der Waals surface area contributed by atoms with Crippen LogP contribution < -0.4 is 5.32 Å². The molecule has 5 heteroatoms. The van der Waals surface area contributed by atoms with Crippen molar-refractivity contribution in [3.63, 3.8) is 0 Å². The molecule has 0 unspecified atom stereocenters. The van der Waals surface area contributed by atoms with E-state index in [4.69, 9.17) is 0 Å². The van der Waals surface area contributed by atoms with Crippen LogP contribution in [0.2, 0.25) is 0 Å². The Bertz CT molecular complexity index is 499. The van der Waals surface area contributed by atoms with Crippen molar-refractivity contribution in [2.75, 3.05) is 13.6 Å². The van der Waals surface area contributed by atoms with Gasteiger partial charge in [0, 0.05) is 25.2 Å². The standard InChI is InChI=1S/C16H23FN2O2/c1-3-18-11-4-6-12(7-5-11)19(2)16(21)14-9-8-13(20)10-15(14)17/h8-12,18,20H,3-7H2,1-2H3. The number of aromatic hydroxyl groups is 1. The Hall–Kier alpha value is -1.62. The summed E-state index contributed by atoms with van der Waals surface area (Å²) < 4.78 is 13.8. The normalized spacial score (nSPS) is 22.0. The Morgan fingerprint density at radius 3 is 2.62 bits per heavy atom. The van der Waals surface area contributed by atoms with Crippen LogP contribution in [0.4, 0.5) is 4.39 Å². The number of benzene rings is 1. The fourth-order valence-electron chi connectivity index (χ4n) is 2.99. The summed E-state index contributed by atoms with van der Waals surface area (Å²) in [5.74, 6) is -1.16. The lowest BCUT2D eigenvalue weighted by Crippen LogP contribution is -2.43. The van der Waals surface area contributed by atoms with Crippen molar-refractivity contribution in [2.24, 2.45) is 0 Å². The van der Waals surface area contributed by atoms with Gasteiger partial charge in [0.15, 0.2) is 0 Å². The maximum atomic E-state index is 13.8. The Labute approximate surface area is 125 Å². The zero-order valence-electron chi connectivity index (χ0n) is 12.6. The Morgan fingerprint density at radius 1 is 1.38 bits per heavy atom. The van der Waals surface area contributed by atoms with Crippen molar-refractivity contribution in [3.8, 4) is 5.75 Å². The number of hydrogen-bond acceptors (Lipinski definition) is 3. The highest BCUT2D eigenvalue weighted by molar-refractivity contribution is 5.94. The molecule has 1 aromatic rings. The zero-order valence-corrected chi connectivity index (χ0v) is 12.6. The number of nitrogens with zero attached hydrogens (tertiary/aromatic N) is 1. The predicted molar refractivity (Wildman–Crippen MR) is 79.9 cm³/mol. The number of phenols is 1. The topological polar surface area (TPSA) is 52.6 Å². The van der Waals surface area contributed by atoms with Gasteiger partial charge in [-0.15, -0.1) is 0 Å². The van der Waals surface area contributed by atoms with E-state index in [1.807, 2.05) is 0 Å². The number of halogens is 1. The van der Waals surface area contributed by atoms with Crippen LogP contribution >= 0.6 is 0 Å². The molecule has 0 spiro atoms. The third kappa shape index (κ3) is 3.73. The third-order valence-electron chi connectivity index (χ3n) is 4.24. The van der Waals surface area contributed by atoms with E-state index < -0.39 is 5.82 Å². The Kier molecular flexibility index (Phi) is 5.17. The first-order valence-electron chi connectivity index (χ1n) is 7.52. The van der Waals surface area contributed by atoms with Crippen LogP contribution in [0, 0.1) is 5.82 Å². The predicted octanol–water partition coefficient (Wildman–Crippen LogP) is 2.52. The molecule has 0 aliphatic heterocycles. The van der Waals surface area contributed by atoms with E-state index in [9.17, 15) is 14.3 Å². The maximum Gasteiger partial charge on any atom is 0.256 e. The fourth-order valence-corrected chi connectivity index (χ4v) is 2.99. The molecule has 0 radical (unpaired) electrons. The monoisotopic (exact) mass is 294 g/mol. The molecule has 0 saturated heterocycles. The number of amides is 1. The van der Waals surface area contributed by atoms with Crippen LogP contribution in [0.3, 0.4) is 0 Å². The molecule has 1 aromatic carbocycles. The van der Waals surface area contributed by atoms with Crippen LogP contribution in [0.15, 0.2) is 18.2 Å². The van der Waals surface area contributed by atoms with E-state index in [1.54, 1.807) is 11.9 Å². The summed E-state index contributed by atoms with van der Waals surface area (Å²) in [5, 5.41) is 12.6. The number of carbonyl (C=O) groups excluding carboxylic acids is 1. The molecule has 1 amide bonds. The SMILES string of the molecule is CCNC1CCC(N(C)C(=O)c2ccc(O)cc2F)CC1. The first-order valence-corrected chi connectivity index (χ1v) is 7.52. The highest BCUT2D eigenvalue weighted by Gasteiger charge is 2.27. The van der Waals surface area contributed by atoms with Crippen molar-refractivity contribution in [1.82, 2.24) is 10.2 Å². The largest absolute Gasteiger partial charge is 0.508 e. The second kappa shape index (κ2) is 6.89. The van der Waals surface area contributed by atoms with Gasteiger partial charge in [0.05, 0.1) is 5.56 Å². The van der Waals surface area contributed by atoms with Crippen molar-refractivity contribution >= 4 is 5.91 Å². The molecule has 4 nitrogen and oxygen atoms in total. The molecule has 116 valence electrons. The second-order valence-corrected chi connectivity index (χ2v) is 5.64. The summed E-state index contributed by atoms with van der Waals surface area (Å²) >= 11 is 0. The minimum absolute atomic E-state index is 0.0177. The van der Waals surface area contributed by atoms with Crippen LogP contribution in [-0.2, 0) is 0 Å². The average Bonchev–Trinajstić information content (AvgIpc) is 2.47. The molecule has 0 heterocycles. The minimum atomic E-state index is -0.673. The summed E-state index contributed by atoms with van der Waals surface area (Å²) in [6, 6.07) is 4.34. The number of rotatable bonds is 4. The lowest BCUT2D eigenvalue weighted by Gasteiger charge is -2.35. The smallest absolute Gasteiger partial charge is 0.256 e. The number of hydrogen-bond donors (Lipinski definition) is 2. The van der Waals surface area contributed by atoms with Gasteiger partial charge < -0.3 is 15.3 Å². The molecule has 0 bridgehead atoms. The molecular formula is C16H23FN2O2. The van der Waals surface area contributed by atoms with E-state index in [0.717, 1.165) is 38.3 Å². The molecule has 1 saturated carbocycles. The quantitative estimate of drug-likeness (QED) is 0.897. The maximum absolute atomic E-state index is 13.8. The lowest BCUT2D eigenvalue weighted by molar-refractivity contribution is 0.0680. The summed E-state index contributed by atoms with van der Waals surface area (Å²) in [6.45, 7) is 3.05. The summed E-state index contributed by atoms with van der Waals surface area (Å²) in [7, 11) is 1.73. The van der Waals surface area contributed by atoms with Crippen molar-refractivity contribution in [3.05, 3.63) is 29.6 Å². The second-order valence-electron chi connectivity index (χ2n) is 5.64. The molecule has 21 heavy (non-hydrogen) atoms. The Balaban J connectivity index is 2.00. The first-order chi connectivity index (χ1) is 10.0. The van der Waals surface area contributed by atoms with Crippen molar-refractivity contribution in [1.29, 1.82) is 0 Å². The van der Waals surface area contributed by atoms with Crippen LogP contribution in [0.25, 0.3) is 0 Å². The zero-order chi connectivity index (χ0) is 15.4. The number of nitrogens with one attached hydrogen (secondary N) is 1. The molecule has 0 atom stereocenters.